The molecular formula is C16H23N7O3. The van der Waals surface area contributed by atoms with Gasteiger partial charge in [0.1, 0.15) is 6.54 Å². The number of rotatable bonds is 5. The number of fused-ring (bicyclic) bond motifs is 3. The van der Waals surface area contributed by atoms with Crippen LogP contribution in [0.5, 0.6) is 0 Å². The third kappa shape index (κ3) is 2.61. The van der Waals surface area contributed by atoms with E-state index in [9.17, 15) is 14.4 Å². The molecule has 2 N–H and O–H groups in total. The molecule has 0 bridgehead atoms. The summed E-state index contributed by atoms with van der Waals surface area (Å²) in [5.41, 5.74) is 5.84. The van der Waals surface area contributed by atoms with Crippen molar-refractivity contribution in [2.45, 2.75) is 46.2 Å². The molecule has 1 atom stereocenters. The number of nitrogens with zero attached hydrogens (tertiary/aromatic N) is 6. The summed E-state index contributed by atoms with van der Waals surface area (Å²) in [6.07, 6.45) is 1.60. The number of nitrogens with two attached hydrogens (primary N) is 1. The standard InChI is InChI=1S/C16H23N7O3/c1-5-6-7-21-14(25)12-13(20(4)16(21)26)18-15-22(8-11(17)24)19-9(2)10(3)23(12)15/h10H,5-8H2,1-4H3,(H2,17,24)/t10-/m1/s1. The van der Waals surface area contributed by atoms with E-state index in [-0.39, 0.29) is 23.8 Å². The molecule has 10 heteroatoms. The lowest BCUT2D eigenvalue weighted by Crippen LogP contribution is -2.41. The number of unbranched alkanes of at least 4 members (excludes halogenated alkanes) is 1. The smallest absolute Gasteiger partial charge is 0.332 e. The minimum atomic E-state index is -0.566. The van der Waals surface area contributed by atoms with Gasteiger partial charge in [-0.3, -0.25) is 23.3 Å². The SMILES string of the molecule is CCCCn1c(=O)c2c(nc3n2[C@H](C)C(C)=NN3CC(N)=O)n(C)c1=O. The number of imidazole rings is 1. The average Bonchev–Trinajstić information content (AvgIpc) is 2.98. The Balaban J connectivity index is 2.34. The second-order valence-electron chi connectivity index (χ2n) is 6.55. The van der Waals surface area contributed by atoms with Crippen molar-refractivity contribution in [3.05, 3.63) is 20.8 Å². The molecule has 1 amide bonds. The largest absolute Gasteiger partial charge is 0.368 e. The van der Waals surface area contributed by atoms with Crippen LogP contribution >= 0.6 is 0 Å². The molecule has 0 aromatic carbocycles. The molecule has 140 valence electrons. The highest BCUT2D eigenvalue weighted by Gasteiger charge is 2.31. The van der Waals surface area contributed by atoms with E-state index in [2.05, 4.69) is 10.1 Å². The Bertz CT molecular complexity index is 1030. The number of amides is 1. The van der Waals surface area contributed by atoms with Crippen molar-refractivity contribution in [2.75, 3.05) is 11.6 Å². The van der Waals surface area contributed by atoms with Crippen LogP contribution in [-0.4, -0.2) is 36.8 Å². The van der Waals surface area contributed by atoms with Crippen molar-refractivity contribution in [3.63, 3.8) is 0 Å². The van der Waals surface area contributed by atoms with E-state index < -0.39 is 11.6 Å². The van der Waals surface area contributed by atoms with Gasteiger partial charge in [-0.1, -0.05) is 13.3 Å². The number of hydrogen-bond acceptors (Lipinski definition) is 6. The molecule has 1 aliphatic rings. The van der Waals surface area contributed by atoms with Crippen molar-refractivity contribution < 1.29 is 4.79 Å². The number of carbonyl (C=O) groups excluding carboxylic acids is 1. The lowest BCUT2D eigenvalue weighted by molar-refractivity contribution is -0.116. The molecule has 3 rings (SSSR count). The van der Waals surface area contributed by atoms with E-state index in [0.717, 1.165) is 12.8 Å². The lowest BCUT2D eigenvalue weighted by atomic mass is 10.2. The van der Waals surface area contributed by atoms with Gasteiger partial charge >= 0.3 is 5.69 Å². The van der Waals surface area contributed by atoms with Crippen LogP contribution in [0, 0.1) is 0 Å². The molecule has 0 spiro atoms. The Morgan fingerprint density at radius 3 is 2.62 bits per heavy atom. The summed E-state index contributed by atoms with van der Waals surface area (Å²) in [5.74, 6) is -0.235. The molecule has 2 aromatic rings. The first-order valence-electron chi connectivity index (χ1n) is 8.60. The van der Waals surface area contributed by atoms with Crippen LogP contribution in [0.3, 0.4) is 0 Å². The Labute approximate surface area is 149 Å². The summed E-state index contributed by atoms with van der Waals surface area (Å²) in [4.78, 5) is 41.5. The zero-order valence-corrected chi connectivity index (χ0v) is 15.4. The number of carbonyl (C=O) groups is 1. The number of aromatic nitrogens is 4. The fraction of sp³-hybridized carbons (Fsp3) is 0.562. The number of anilines is 1. The van der Waals surface area contributed by atoms with E-state index in [4.69, 9.17) is 5.73 Å². The maximum Gasteiger partial charge on any atom is 0.332 e. The summed E-state index contributed by atoms with van der Waals surface area (Å²) in [6.45, 7) is 5.89. The Hall–Kier alpha value is -2.91. The first kappa shape index (κ1) is 17.9. The fourth-order valence-corrected chi connectivity index (χ4v) is 3.15. The summed E-state index contributed by atoms with van der Waals surface area (Å²) in [5, 5.41) is 5.74. The Morgan fingerprint density at radius 1 is 1.31 bits per heavy atom. The van der Waals surface area contributed by atoms with Gasteiger partial charge in [0.2, 0.25) is 11.9 Å². The van der Waals surface area contributed by atoms with E-state index in [1.165, 1.54) is 14.1 Å². The van der Waals surface area contributed by atoms with E-state index in [1.54, 1.807) is 11.6 Å². The van der Waals surface area contributed by atoms with Crippen LogP contribution in [-0.2, 0) is 18.4 Å². The first-order valence-corrected chi connectivity index (χ1v) is 8.60. The molecule has 2 aromatic heterocycles. The minimum Gasteiger partial charge on any atom is -0.368 e. The molecule has 3 heterocycles. The third-order valence-corrected chi connectivity index (χ3v) is 4.70. The molecule has 0 saturated carbocycles. The minimum absolute atomic E-state index is 0.161. The van der Waals surface area contributed by atoms with Crippen molar-refractivity contribution in [3.8, 4) is 0 Å². The Kier molecular flexibility index (Phi) is 4.43. The summed E-state index contributed by atoms with van der Waals surface area (Å²) in [6, 6.07) is -0.232. The molecule has 26 heavy (non-hydrogen) atoms. The molecule has 1 aliphatic heterocycles. The molecular weight excluding hydrogens is 338 g/mol. The van der Waals surface area contributed by atoms with Crippen LogP contribution in [0.25, 0.3) is 11.2 Å². The number of aryl methyl sites for hydroxylation is 1. The Morgan fingerprint density at radius 2 is 2.00 bits per heavy atom. The van der Waals surface area contributed by atoms with Gasteiger partial charge in [0.05, 0.1) is 11.8 Å². The summed E-state index contributed by atoms with van der Waals surface area (Å²) >= 11 is 0. The number of hydrazone groups is 1. The van der Waals surface area contributed by atoms with Crippen LogP contribution in [0.2, 0.25) is 0 Å². The van der Waals surface area contributed by atoms with Crippen molar-refractivity contribution >= 4 is 28.7 Å². The van der Waals surface area contributed by atoms with Crippen molar-refractivity contribution in [1.29, 1.82) is 0 Å². The zero-order chi connectivity index (χ0) is 19.2. The average molecular weight is 361 g/mol. The predicted octanol–water partition coefficient (Wildman–Crippen LogP) is -0.0610. The van der Waals surface area contributed by atoms with Gasteiger partial charge in [-0.25, -0.2) is 9.80 Å². The third-order valence-electron chi connectivity index (χ3n) is 4.70. The maximum absolute atomic E-state index is 13.1. The highest BCUT2D eigenvalue weighted by atomic mass is 16.2. The fourth-order valence-electron chi connectivity index (χ4n) is 3.15. The normalized spacial score (nSPS) is 16.7. The second kappa shape index (κ2) is 6.43. The highest BCUT2D eigenvalue weighted by Crippen LogP contribution is 2.29. The molecule has 0 unspecified atom stereocenters. The quantitative estimate of drug-likeness (QED) is 0.800. The van der Waals surface area contributed by atoms with Gasteiger partial charge in [-0.15, -0.1) is 0 Å². The number of primary amides is 1. The van der Waals surface area contributed by atoms with Gasteiger partial charge in [0, 0.05) is 13.6 Å². The van der Waals surface area contributed by atoms with Crippen LogP contribution < -0.4 is 22.0 Å². The van der Waals surface area contributed by atoms with Crippen molar-refractivity contribution in [2.24, 2.45) is 17.9 Å². The topological polar surface area (TPSA) is 121 Å². The zero-order valence-electron chi connectivity index (χ0n) is 15.4. The van der Waals surface area contributed by atoms with Gasteiger partial charge in [-0.2, -0.15) is 10.1 Å². The summed E-state index contributed by atoms with van der Waals surface area (Å²) in [7, 11) is 1.59. The first-order chi connectivity index (χ1) is 12.3. The van der Waals surface area contributed by atoms with E-state index >= 15 is 0 Å². The van der Waals surface area contributed by atoms with Crippen molar-refractivity contribution in [1.82, 2.24) is 18.7 Å². The van der Waals surface area contributed by atoms with Crippen LogP contribution in [0.15, 0.2) is 14.7 Å². The molecule has 0 saturated heterocycles. The van der Waals surface area contributed by atoms with Gasteiger partial charge in [-0.05, 0) is 20.3 Å². The monoisotopic (exact) mass is 361 g/mol. The van der Waals surface area contributed by atoms with Gasteiger partial charge < -0.3 is 5.73 Å². The van der Waals surface area contributed by atoms with E-state index in [0.29, 0.717) is 23.7 Å². The molecule has 0 aliphatic carbocycles. The second-order valence-corrected chi connectivity index (χ2v) is 6.55. The number of hydrogen-bond donors (Lipinski definition) is 1. The van der Waals surface area contributed by atoms with Crippen LogP contribution in [0.4, 0.5) is 5.95 Å². The molecule has 10 nitrogen and oxygen atoms in total. The van der Waals surface area contributed by atoms with Gasteiger partial charge in [0.25, 0.3) is 5.56 Å². The predicted molar refractivity (Wildman–Crippen MR) is 98.5 cm³/mol. The molecule has 0 fully saturated rings. The van der Waals surface area contributed by atoms with Gasteiger partial charge in [0.15, 0.2) is 11.2 Å². The highest BCUT2D eigenvalue weighted by molar-refractivity contribution is 5.92. The summed E-state index contributed by atoms with van der Waals surface area (Å²) < 4.78 is 4.33. The lowest BCUT2D eigenvalue weighted by Gasteiger charge is -2.28. The maximum atomic E-state index is 13.1. The molecule has 0 radical (unpaired) electrons. The van der Waals surface area contributed by atoms with Crippen LogP contribution in [0.1, 0.15) is 39.7 Å². The van der Waals surface area contributed by atoms with E-state index in [1.807, 2.05) is 20.8 Å².